The van der Waals surface area contributed by atoms with E-state index in [0.29, 0.717) is 0 Å². The average Bonchev–Trinajstić information content (AvgIpc) is 3.22. The second-order valence-electron chi connectivity index (χ2n) is 12.7. The predicted octanol–water partition coefficient (Wildman–Crippen LogP) is 13.6. The van der Waals surface area contributed by atoms with Gasteiger partial charge in [-0.05, 0) is 105 Å². The van der Waals surface area contributed by atoms with Crippen LogP contribution in [0.5, 0.6) is 0 Å². The van der Waals surface area contributed by atoms with Crippen LogP contribution in [0.2, 0.25) is 0 Å². The number of hydrogen-bond acceptors (Lipinski definition) is 2. The Labute approximate surface area is 301 Å². The number of anilines is 5. The first-order chi connectivity index (χ1) is 25.2. The molecule has 0 aromatic heterocycles. The maximum Gasteiger partial charge on any atom is 0.0462 e. The van der Waals surface area contributed by atoms with Gasteiger partial charge in [0.25, 0.3) is 0 Å². The highest BCUT2D eigenvalue weighted by Gasteiger charge is 2.14. The van der Waals surface area contributed by atoms with Crippen LogP contribution in [-0.2, 0) is 0 Å². The molecular formula is C49H38N2. The van der Waals surface area contributed by atoms with Crippen LogP contribution in [0.15, 0.2) is 212 Å². The molecule has 2 nitrogen and oxygen atoms in total. The van der Waals surface area contributed by atoms with Crippen LogP contribution in [-0.4, -0.2) is 7.05 Å². The fourth-order valence-electron chi connectivity index (χ4n) is 6.67. The number of nitrogens with zero attached hydrogens (tertiary/aromatic N) is 2. The van der Waals surface area contributed by atoms with Gasteiger partial charge in [-0.15, -0.1) is 0 Å². The molecule has 0 bridgehead atoms. The third kappa shape index (κ3) is 6.94. The predicted molar refractivity (Wildman–Crippen MR) is 217 cm³/mol. The van der Waals surface area contributed by atoms with Gasteiger partial charge in [0.2, 0.25) is 0 Å². The minimum Gasteiger partial charge on any atom is -0.345 e. The summed E-state index contributed by atoms with van der Waals surface area (Å²) in [5, 5.41) is 0. The minimum atomic E-state index is 1.10. The van der Waals surface area contributed by atoms with Crippen molar-refractivity contribution in [2.75, 3.05) is 16.8 Å². The van der Waals surface area contributed by atoms with Crippen molar-refractivity contribution < 1.29 is 0 Å². The molecule has 0 N–H and O–H groups in total. The van der Waals surface area contributed by atoms with Crippen molar-refractivity contribution in [3.63, 3.8) is 0 Å². The normalized spacial score (nSPS) is 10.8. The van der Waals surface area contributed by atoms with E-state index in [9.17, 15) is 0 Å². The molecule has 0 saturated carbocycles. The summed E-state index contributed by atoms with van der Waals surface area (Å²) in [6.45, 7) is 0. The number of benzene rings is 8. The summed E-state index contributed by atoms with van der Waals surface area (Å²) in [7, 11) is 2.13. The van der Waals surface area contributed by atoms with E-state index in [-0.39, 0.29) is 0 Å². The topological polar surface area (TPSA) is 6.48 Å². The summed E-state index contributed by atoms with van der Waals surface area (Å²) in [4.78, 5) is 4.57. The first kappa shape index (κ1) is 31.6. The molecule has 2 heteroatoms. The molecule has 0 aliphatic carbocycles. The van der Waals surface area contributed by atoms with E-state index >= 15 is 0 Å². The third-order valence-corrected chi connectivity index (χ3v) is 9.52. The van der Waals surface area contributed by atoms with Crippen LogP contribution in [0.25, 0.3) is 44.5 Å². The molecule has 0 heterocycles. The molecule has 0 fully saturated rings. The van der Waals surface area contributed by atoms with Gasteiger partial charge in [-0.1, -0.05) is 152 Å². The fraction of sp³-hybridized carbons (Fsp3) is 0.0204. The lowest BCUT2D eigenvalue weighted by Gasteiger charge is -2.26. The second-order valence-corrected chi connectivity index (χ2v) is 12.7. The van der Waals surface area contributed by atoms with Crippen LogP contribution in [0.3, 0.4) is 0 Å². The zero-order valence-electron chi connectivity index (χ0n) is 28.6. The molecule has 51 heavy (non-hydrogen) atoms. The van der Waals surface area contributed by atoms with E-state index in [2.05, 4.69) is 229 Å². The van der Waals surface area contributed by atoms with Gasteiger partial charge < -0.3 is 9.80 Å². The van der Waals surface area contributed by atoms with E-state index in [0.717, 1.165) is 28.4 Å². The van der Waals surface area contributed by atoms with Crippen molar-refractivity contribution in [2.24, 2.45) is 0 Å². The zero-order valence-corrected chi connectivity index (χ0v) is 28.6. The molecule has 0 radical (unpaired) electrons. The molecule has 0 unspecified atom stereocenters. The molecular weight excluding hydrogens is 617 g/mol. The maximum absolute atomic E-state index is 2.33. The Balaban J connectivity index is 1.06. The molecule has 0 atom stereocenters. The van der Waals surface area contributed by atoms with Crippen LogP contribution < -0.4 is 9.80 Å². The third-order valence-electron chi connectivity index (χ3n) is 9.52. The molecule has 0 aliphatic heterocycles. The van der Waals surface area contributed by atoms with Crippen LogP contribution in [0.1, 0.15) is 0 Å². The van der Waals surface area contributed by atoms with Crippen LogP contribution in [0, 0.1) is 0 Å². The van der Waals surface area contributed by atoms with E-state index in [4.69, 9.17) is 0 Å². The van der Waals surface area contributed by atoms with Crippen molar-refractivity contribution in [3.05, 3.63) is 212 Å². The van der Waals surface area contributed by atoms with Crippen LogP contribution >= 0.6 is 0 Å². The maximum atomic E-state index is 2.33. The Morgan fingerprint density at radius 3 is 0.902 bits per heavy atom. The molecule has 0 saturated heterocycles. The highest BCUT2D eigenvalue weighted by Crippen LogP contribution is 2.38. The van der Waals surface area contributed by atoms with Gasteiger partial charge in [-0.3, -0.25) is 0 Å². The lowest BCUT2D eigenvalue weighted by molar-refractivity contribution is 1.21. The lowest BCUT2D eigenvalue weighted by Crippen LogP contribution is -2.10. The highest BCUT2D eigenvalue weighted by atomic mass is 15.1. The monoisotopic (exact) mass is 654 g/mol. The summed E-state index contributed by atoms with van der Waals surface area (Å²) >= 11 is 0. The van der Waals surface area contributed by atoms with Gasteiger partial charge in [0.1, 0.15) is 0 Å². The molecule has 0 spiro atoms. The van der Waals surface area contributed by atoms with E-state index in [1.807, 2.05) is 0 Å². The molecule has 8 aromatic carbocycles. The van der Waals surface area contributed by atoms with Gasteiger partial charge in [0.15, 0.2) is 0 Å². The smallest absolute Gasteiger partial charge is 0.0462 e. The minimum absolute atomic E-state index is 1.10. The Bertz CT molecular complexity index is 2230. The van der Waals surface area contributed by atoms with Crippen molar-refractivity contribution in [2.45, 2.75) is 0 Å². The number of hydrogen-bond donors (Lipinski definition) is 0. The summed E-state index contributed by atoms with van der Waals surface area (Å²) in [5.74, 6) is 0. The zero-order chi connectivity index (χ0) is 34.4. The summed E-state index contributed by atoms with van der Waals surface area (Å²) < 4.78 is 0. The largest absolute Gasteiger partial charge is 0.345 e. The molecule has 244 valence electrons. The molecule has 8 aromatic rings. The molecule has 0 amide bonds. The summed E-state index contributed by atoms with van der Waals surface area (Å²) in [5.41, 5.74) is 15.2. The Kier molecular flexibility index (Phi) is 8.96. The van der Waals surface area contributed by atoms with Crippen molar-refractivity contribution in [3.8, 4) is 44.5 Å². The van der Waals surface area contributed by atoms with Gasteiger partial charge in [-0.25, -0.2) is 0 Å². The van der Waals surface area contributed by atoms with E-state index in [1.165, 1.54) is 44.5 Å². The summed E-state index contributed by atoms with van der Waals surface area (Å²) in [6, 6.07) is 75.7. The van der Waals surface area contributed by atoms with Crippen molar-refractivity contribution in [1.82, 2.24) is 0 Å². The second kappa shape index (κ2) is 14.5. The van der Waals surface area contributed by atoms with E-state index in [1.54, 1.807) is 0 Å². The Hall–Kier alpha value is -6.64. The van der Waals surface area contributed by atoms with Crippen LogP contribution in [0.4, 0.5) is 28.4 Å². The lowest BCUT2D eigenvalue weighted by atomic mass is 10.0. The highest BCUT2D eigenvalue weighted by molar-refractivity contribution is 5.81. The molecule has 8 rings (SSSR count). The van der Waals surface area contributed by atoms with Gasteiger partial charge in [0, 0.05) is 35.5 Å². The SMILES string of the molecule is CN(c1ccc(-c2ccc(N(c3ccc(-c4ccccc4)cc3)c3ccc(-c4ccccc4)cc3)cc2)cc1)c1cccc(-c2ccccc2)c1. The van der Waals surface area contributed by atoms with Crippen molar-refractivity contribution in [1.29, 1.82) is 0 Å². The standard InChI is InChI=1S/C49H38N2/c1-50(49-19-11-18-44(36-49)39-16-9-4-10-17-39)45-28-20-42(21-29-45)43-26-34-48(35-27-43)51(46-30-22-40(23-31-46)37-12-5-2-6-13-37)47-32-24-41(25-33-47)38-14-7-3-8-15-38/h2-36H,1H3. The van der Waals surface area contributed by atoms with Gasteiger partial charge in [-0.2, -0.15) is 0 Å². The quantitative estimate of drug-likeness (QED) is 0.153. The first-order valence-electron chi connectivity index (χ1n) is 17.4. The van der Waals surface area contributed by atoms with Crippen molar-refractivity contribution >= 4 is 28.4 Å². The summed E-state index contributed by atoms with van der Waals surface area (Å²) in [6.07, 6.45) is 0. The Morgan fingerprint density at radius 1 is 0.235 bits per heavy atom. The number of rotatable bonds is 9. The Morgan fingerprint density at radius 2 is 0.529 bits per heavy atom. The fourth-order valence-corrected chi connectivity index (χ4v) is 6.67. The van der Waals surface area contributed by atoms with Gasteiger partial charge >= 0.3 is 0 Å². The average molecular weight is 655 g/mol. The van der Waals surface area contributed by atoms with Gasteiger partial charge in [0.05, 0.1) is 0 Å². The first-order valence-corrected chi connectivity index (χ1v) is 17.4. The molecule has 0 aliphatic rings. The van der Waals surface area contributed by atoms with E-state index < -0.39 is 0 Å².